The van der Waals surface area contributed by atoms with Crippen molar-refractivity contribution < 1.29 is 28.2 Å². The molecule has 2 aromatic carbocycles. The molecule has 0 aliphatic carbocycles. The quantitative estimate of drug-likeness (QED) is 0.300. The Morgan fingerprint density at radius 1 is 1.09 bits per heavy atom. The summed E-state index contributed by atoms with van der Waals surface area (Å²) < 4.78 is 29.0. The highest BCUT2D eigenvalue weighted by atomic mass is 19.1. The first-order chi connectivity index (χ1) is 16.5. The van der Waals surface area contributed by atoms with Crippen LogP contribution >= 0.6 is 0 Å². The van der Waals surface area contributed by atoms with Gasteiger partial charge in [0, 0.05) is 11.6 Å². The number of pyridine rings is 1. The van der Waals surface area contributed by atoms with E-state index in [1.54, 1.807) is 46.0 Å². The van der Waals surface area contributed by atoms with Crippen LogP contribution in [-0.4, -0.2) is 42.7 Å². The molecule has 3 rings (SSSR count). The van der Waals surface area contributed by atoms with Gasteiger partial charge in [0.1, 0.15) is 28.3 Å². The number of methoxy groups -OCH3 is 2. The summed E-state index contributed by atoms with van der Waals surface area (Å²) >= 11 is 0. The van der Waals surface area contributed by atoms with Crippen LogP contribution in [0.4, 0.5) is 14.9 Å². The van der Waals surface area contributed by atoms with E-state index in [4.69, 9.17) is 14.2 Å². The molecule has 1 N–H and O–H groups in total. The molecular formula is C26H28FN3O5. The number of nitrogens with one attached hydrogen (secondary N) is 1. The number of esters is 1. The summed E-state index contributed by atoms with van der Waals surface area (Å²) in [5.41, 5.74) is 1.99. The molecule has 0 spiro atoms. The number of aromatic nitrogens is 1. The maximum Gasteiger partial charge on any atom is 0.413 e. The molecule has 0 aliphatic heterocycles. The van der Waals surface area contributed by atoms with Crippen molar-refractivity contribution in [3.05, 3.63) is 65.1 Å². The smallest absolute Gasteiger partial charge is 0.413 e. The van der Waals surface area contributed by atoms with Gasteiger partial charge in [0.25, 0.3) is 0 Å². The highest BCUT2D eigenvalue weighted by Gasteiger charge is 2.21. The largest absolute Gasteiger partial charge is 0.494 e. The molecule has 184 valence electrons. The number of alkyl carbamates (subject to hydrolysis) is 1. The van der Waals surface area contributed by atoms with Crippen molar-refractivity contribution in [1.29, 1.82) is 0 Å². The van der Waals surface area contributed by atoms with E-state index >= 15 is 0 Å². The van der Waals surface area contributed by atoms with Crippen molar-refractivity contribution in [2.75, 3.05) is 14.2 Å². The van der Waals surface area contributed by atoms with E-state index in [0.29, 0.717) is 23.0 Å². The maximum absolute atomic E-state index is 13.3. The molecule has 0 bridgehead atoms. The molecule has 8 nitrogen and oxygen atoms in total. The first-order valence-electron chi connectivity index (χ1n) is 10.9. The summed E-state index contributed by atoms with van der Waals surface area (Å²) in [6.07, 6.45) is 1.51. The molecule has 0 fully saturated rings. The Morgan fingerprint density at radius 3 is 2.37 bits per heavy atom. The minimum absolute atomic E-state index is 0.144. The lowest BCUT2D eigenvalue weighted by atomic mass is 10.0. The van der Waals surface area contributed by atoms with Crippen LogP contribution in [0.1, 0.15) is 49.2 Å². The van der Waals surface area contributed by atoms with Crippen LogP contribution in [0.5, 0.6) is 5.75 Å². The van der Waals surface area contributed by atoms with Gasteiger partial charge < -0.3 is 14.2 Å². The number of amidine groups is 1. The van der Waals surface area contributed by atoms with Crippen LogP contribution < -0.4 is 10.1 Å². The molecule has 0 atom stereocenters. The van der Waals surface area contributed by atoms with E-state index < -0.39 is 17.7 Å². The van der Waals surface area contributed by atoms with Gasteiger partial charge in [0.15, 0.2) is 5.75 Å². The Balaban J connectivity index is 2.10. The van der Waals surface area contributed by atoms with Crippen LogP contribution in [0, 0.1) is 5.82 Å². The molecule has 0 saturated heterocycles. The zero-order chi connectivity index (χ0) is 25.8. The van der Waals surface area contributed by atoms with Gasteiger partial charge in [0.2, 0.25) is 0 Å². The van der Waals surface area contributed by atoms with Crippen LogP contribution in [0.15, 0.2) is 47.6 Å². The molecule has 0 radical (unpaired) electrons. The average Bonchev–Trinajstić information content (AvgIpc) is 2.78. The molecule has 0 unspecified atom stereocenters. The summed E-state index contributed by atoms with van der Waals surface area (Å²) in [6, 6.07) is 9.60. The van der Waals surface area contributed by atoms with Gasteiger partial charge in [-0.3, -0.25) is 10.3 Å². The lowest BCUT2D eigenvalue weighted by Crippen LogP contribution is -2.35. The van der Waals surface area contributed by atoms with Crippen molar-refractivity contribution in [3.63, 3.8) is 0 Å². The lowest BCUT2D eigenvalue weighted by molar-refractivity contribution is 0.0560. The minimum atomic E-state index is -0.672. The van der Waals surface area contributed by atoms with E-state index in [9.17, 15) is 14.0 Å². The monoisotopic (exact) mass is 481 g/mol. The van der Waals surface area contributed by atoms with Crippen LogP contribution in [-0.2, 0) is 15.9 Å². The van der Waals surface area contributed by atoms with Crippen LogP contribution in [0.25, 0.3) is 10.9 Å². The molecular weight excluding hydrogens is 453 g/mol. The summed E-state index contributed by atoms with van der Waals surface area (Å²) in [4.78, 5) is 33.7. The number of fused-ring (bicyclic) bond motifs is 1. The van der Waals surface area contributed by atoms with Gasteiger partial charge in [-0.05, 0) is 69.5 Å². The van der Waals surface area contributed by atoms with Gasteiger partial charge in [-0.25, -0.2) is 19.0 Å². The highest BCUT2D eigenvalue weighted by Crippen LogP contribution is 2.37. The Bertz CT molecular complexity index is 1280. The molecule has 1 aromatic heterocycles. The third kappa shape index (κ3) is 6.53. The van der Waals surface area contributed by atoms with Crippen molar-refractivity contribution in [3.8, 4) is 5.75 Å². The molecule has 0 saturated carbocycles. The summed E-state index contributed by atoms with van der Waals surface area (Å²) in [5.74, 6) is -0.424. The van der Waals surface area contributed by atoms with Crippen molar-refractivity contribution >= 4 is 34.5 Å². The number of halogens is 1. The molecule has 35 heavy (non-hydrogen) atoms. The first-order valence-corrected chi connectivity index (χ1v) is 10.9. The van der Waals surface area contributed by atoms with Gasteiger partial charge in [-0.2, -0.15) is 0 Å². The number of amides is 1. The van der Waals surface area contributed by atoms with Gasteiger partial charge in [-0.15, -0.1) is 0 Å². The molecule has 1 amide bonds. The van der Waals surface area contributed by atoms with Crippen LogP contribution in [0.2, 0.25) is 0 Å². The molecule has 0 aliphatic rings. The number of benzene rings is 2. The van der Waals surface area contributed by atoms with Gasteiger partial charge in [0.05, 0.1) is 19.9 Å². The summed E-state index contributed by atoms with van der Waals surface area (Å²) in [7, 11) is 2.71. The van der Waals surface area contributed by atoms with Crippen LogP contribution in [0.3, 0.4) is 0 Å². The second kappa shape index (κ2) is 10.5. The summed E-state index contributed by atoms with van der Waals surface area (Å²) in [5, 5.41) is 3.18. The Labute approximate surface area is 203 Å². The lowest BCUT2D eigenvalue weighted by Gasteiger charge is -2.19. The van der Waals surface area contributed by atoms with E-state index in [1.165, 1.54) is 32.4 Å². The Kier molecular flexibility index (Phi) is 7.68. The number of carbonyl (C=O) groups excluding carboxylic acids is 2. The number of hydrogen-bond donors (Lipinski definition) is 1. The van der Waals surface area contributed by atoms with E-state index in [1.807, 2.05) is 6.07 Å². The predicted octanol–water partition coefficient (Wildman–Crippen LogP) is 5.33. The number of ether oxygens (including phenoxy) is 3. The second-order valence-electron chi connectivity index (χ2n) is 8.84. The summed E-state index contributed by atoms with van der Waals surface area (Å²) in [6.45, 7) is 6.88. The number of aliphatic imine (C=N–C) groups is 1. The number of rotatable bonds is 5. The maximum atomic E-state index is 13.3. The fraction of sp³-hybridized carbons (Fsp3) is 0.308. The average molecular weight is 482 g/mol. The predicted molar refractivity (Wildman–Crippen MR) is 131 cm³/mol. The molecule has 9 heteroatoms. The van der Waals surface area contributed by atoms with Crippen molar-refractivity contribution in [2.24, 2.45) is 4.99 Å². The van der Waals surface area contributed by atoms with Gasteiger partial charge in [-0.1, -0.05) is 12.1 Å². The normalized spacial score (nSPS) is 11.8. The fourth-order valence-corrected chi connectivity index (χ4v) is 3.45. The zero-order valence-corrected chi connectivity index (χ0v) is 20.6. The SMILES string of the molecule is COC(=O)c1cc(N=C(C)NC(=O)OC(C)(C)C)c2cc(Cc3ccc(F)cc3)cnc2c1OC. The Morgan fingerprint density at radius 2 is 1.77 bits per heavy atom. The first kappa shape index (κ1) is 25.6. The van der Waals surface area contributed by atoms with Gasteiger partial charge >= 0.3 is 12.1 Å². The number of hydrogen-bond acceptors (Lipinski definition) is 7. The molecule has 1 heterocycles. The van der Waals surface area contributed by atoms with E-state index in [0.717, 1.165) is 11.1 Å². The van der Waals surface area contributed by atoms with Crippen molar-refractivity contribution in [1.82, 2.24) is 10.3 Å². The number of nitrogens with zero attached hydrogens (tertiary/aromatic N) is 2. The number of carbonyl (C=O) groups is 2. The second-order valence-corrected chi connectivity index (χ2v) is 8.84. The Hall–Kier alpha value is -4.01. The minimum Gasteiger partial charge on any atom is -0.494 e. The van der Waals surface area contributed by atoms with E-state index in [-0.39, 0.29) is 23.0 Å². The highest BCUT2D eigenvalue weighted by molar-refractivity contribution is 6.06. The molecule has 3 aromatic rings. The topological polar surface area (TPSA) is 99.1 Å². The zero-order valence-electron chi connectivity index (χ0n) is 20.6. The fourth-order valence-electron chi connectivity index (χ4n) is 3.45. The third-order valence-electron chi connectivity index (χ3n) is 4.86. The third-order valence-corrected chi connectivity index (χ3v) is 4.86. The van der Waals surface area contributed by atoms with E-state index in [2.05, 4.69) is 15.3 Å². The van der Waals surface area contributed by atoms with Crippen molar-refractivity contribution in [2.45, 2.75) is 39.7 Å². The standard InChI is InChI=1S/C26H28FN3O5/c1-15(30-25(32)35-26(2,3)4)29-21-13-20(24(31)34-6)23(33-5)22-19(21)12-17(14-28-22)11-16-7-9-18(27)10-8-16/h7-10,12-14H,11H2,1-6H3,(H,29,30,32).